The average molecular weight is 241 g/mol. The first kappa shape index (κ1) is 12.8. The molecule has 2 aliphatic rings. The summed E-state index contributed by atoms with van der Waals surface area (Å²) in [7, 11) is 1.70. The smallest absolute Gasteiger partial charge is 0.326 e. The summed E-state index contributed by atoms with van der Waals surface area (Å²) < 4.78 is 10.5. The Morgan fingerprint density at radius 3 is 2.53 bits per heavy atom. The quantitative estimate of drug-likeness (QED) is 0.743. The molecular weight excluding hydrogens is 218 g/mol. The van der Waals surface area contributed by atoms with Crippen molar-refractivity contribution < 1.29 is 14.3 Å². The summed E-state index contributed by atoms with van der Waals surface area (Å²) in [5.41, 5.74) is -0.467. The Morgan fingerprint density at radius 2 is 2.00 bits per heavy atom. The molecule has 1 N–H and O–H groups in total. The van der Waals surface area contributed by atoms with E-state index in [1.165, 1.54) is 25.7 Å². The van der Waals surface area contributed by atoms with Crippen LogP contribution in [0.1, 0.15) is 45.4 Å². The first-order valence-electron chi connectivity index (χ1n) is 6.68. The highest BCUT2D eigenvalue weighted by atomic mass is 16.5. The standard InChI is InChI=1S/C13H23NO3/c1-3-17-12(15)13(8-11(9-13)16-2)14-10-6-4-5-7-10/h10-11,14H,3-9H2,1-2H3. The summed E-state index contributed by atoms with van der Waals surface area (Å²) in [6, 6.07) is 0.484. The fraction of sp³-hybridized carbons (Fsp3) is 0.923. The number of hydrogen-bond donors (Lipinski definition) is 1. The molecule has 4 nitrogen and oxygen atoms in total. The summed E-state index contributed by atoms with van der Waals surface area (Å²) in [5.74, 6) is -0.0970. The molecule has 0 aromatic heterocycles. The van der Waals surface area contributed by atoms with Crippen molar-refractivity contribution in [3.8, 4) is 0 Å². The van der Waals surface area contributed by atoms with E-state index >= 15 is 0 Å². The van der Waals surface area contributed by atoms with Gasteiger partial charge in [-0.2, -0.15) is 0 Å². The van der Waals surface area contributed by atoms with Crippen molar-refractivity contribution in [2.75, 3.05) is 13.7 Å². The van der Waals surface area contributed by atoms with Crippen LogP contribution in [0.4, 0.5) is 0 Å². The van der Waals surface area contributed by atoms with Gasteiger partial charge in [0.15, 0.2) is 0 Å². The lowest BCUT2D eigenvalue weighted by atomic mass is 9.73. The molecule has 4 heteroatoms. The summed E-state index contributed by atoms with van der Waals surface area (Å²) in [5, 5.41) is 3.52. The number of nitrogens with one attached hydrogen (secondary N) is 1. The van der Waals surface area contributed by atoms with E-state index in [2.05, 4.69) is 5.32 Å². The van der Waals surface area contributed by atoms with Gasteiger partial charge < -0.3 is 9.47 Å². The summed E-state index contributed by atoms with van der Waals surface area (Å²) >= 11 is 0. The summed E-state index contributed by atoms with van der Waals surface area (Å²) in [6.45, 7) is 2.30. The van der Waals surface area contributed by atoms with Crippen LogP contribution >= 0.6 is 0 Å². The van der Waals surface area contributed by atoms with Gasteiger partial charge in [-0.25, -0.2) is 0 Å². The molecule has 0 aliphatic heterocycles. The van der Waals surface area contributed by atoms with Crippen molar-refractivity contribution >= 4 is 5.97 Å². The number of hydrogen-bond acceptors (Lipinski definition) is 4. The molecule has 2 rings (SSSR count). The number of carbonyl (C=O) groups is 1. The molecule has 2 fully saturated rings. The highest BCUT2D eigenvalue weighted by Gasteiger charge is 2.52. The molecule has 2 aliphatic carbocycles. The van der Waals surface area contributed by atoms with Crippen LogP contribution in [0.15, 0.2) is 0 Å². The second-order valence-corrected chi connectivity index (χ2v) is 5.19. The van der Waals surface area contributed by atoms with Gasteiger partial charge in [-0.05, 0) is 19.8 Å². The topological polar surface area (TPSA) is 47.6 Å². The lowest BCUT2D eigenvalue weighted by Gasteiger charge is -2.46. The van der Waals surface area contributed by atoms with Gasteiger partial charge in [-0.3, -0.25) is 10.1 Å². The second kappa shape index (κ2) is 5.36. The van der Waals surface area contributed by atoms with E-state index < -0.39 is 5.54 Å². The SMILES string of the molecule is CCOC(=O)C1(NC2CCCC2)CC(OC)C1. The van der Waals surface area contributed by atoms with Crippen LogP contribution in [0.25, 0.3) is 0 Å². The molecule has 2 saturated carbocycles. The minimum atomic E-state index is -0.467. The third-order valence-corrected chi connectivity index (χ3v) is 3.99. The molecule has 17 heavy (non-hydrogen) atoms. The van der Waals surface area contributed by atoms with E-state index in [9.17, 15) is 4.79 Å². The van der Waals surface area contributed by atoms with Gasteiger partial charge in [0, 0.05) is 26.0 Å². The van der Waals surface area contributed by atoms with Gasteiger partial charge in [-0.15, -0.1) is 0 Å². The molecule has 98 valence electrons. The molecule has 0 amide bonds. The van der Waals surface area contributed by atoms with E-state index in [4.69, 9.17) is 9.47 Å². The zero-order valence-electron chi connectivity index (χ0n) is 10.8. The fourth-order valence-electron chi connectivity index (χ4n) is 2.96. The molecule has 0 spiro atoms. The van der Waals surface area contributed by atoms with E-state index in [1.807, 2.05) is 6.92 Å². The van der Waals surface area contributed by atoms with Crippen LogP contribution in [-0.2, 0) is 14.3 Å². The van der Waals surface area contributed by atoms with E-state index in [1.54, 1.807) is 7.11 Å². The largest absolute Gasteiger partial charge is 0.465 e. The van der Waals surface area contributed by atoms with Crippen LogP contribution in [0.3, 0.4) is 0 Å². The molecule has 0 aromatic rings. The molecule has 0 bridgehead atoms. The Morgan fingerprint density at radius 1 is 1.35 bits per heavy atom. The molecule has 0 unspecified atom stereocenters. The minimum Gasteiger partial charge on any atom is -0.465 e. The Hall–Kier alpha value is -0.610. The summed E-state index contributed by atoms with van der Waals surface area (Å²) in [6.07, 6.45) is 6.59. The second-order valence-electron chi connectivity index (χ2n) is 5.19. The molecule has 0 radical (unpaired) electrons. The fourth-order valence-corrected chi connectivity index (χ4v) is 2.96. The number of rotatable bonds is 5. The van der Waals surface area contributed by atoms with Gasteiger partial charge in [0.25, 0.3) is 0 Å². The van der Waals surface area contributed by atoms with Crippen LogP contribution in [-0.4, -0.2) is 37.4 Å². The van der Waals surface area contributed by atoms with Gasteiger partial charge in [0.2, 0.25) is 0 Å². The third-order valence-electron chi connectivity index (χ3n) is 3.99. The number of methoxy groups -OCH3 is 1. The number of esters is 1. The lowest BCUT2D eigenvalue weighted by molar-refractivity contribution is -0.163. The van der Waals surface area contributed by atoms with Crippen molar-refractivity contribution in [3.05, 3.63) is 0 Å². The monoisotopic (exact) mass is 241 g/mol. The van der Waals surface area contributed by atoms with Crippen molar-refractivity contribution in [2.45, 2.75) is 63.1 Å². The first-order chi connectivity index (χ1) is 8.20. The number of carbonyl (C=O) groups excluding carboxylic acids is 1. The normalized spacial score (nSPS) is 33.4. The highest BCUT2D eigenvalue weighted by Crippen LogP contribution is 2.37. The predicted octanol–water partition coefficient (Wildman–Crippen LogP) is 1.63. The van der Waals surface area contributed by atoms with Crippen molar-refractivity contribution in [3.63, 3.8) is 0 Å². The van der Waals surface area contributed by atoms with Crippen molar-refractivity contribution in [1.29, 1.82) is 0 Å². The molecule has 0 heterocycles. The maximum atomic E-state index is 12.1. The Balaban J connectivity index is 1.95. The minimum absolute atomic E-state index is 0.0970. The Kier molecular flexibility index (Phi) is 4.05. The zero-order chi connectivity index (χ0) is 12.3. The van der Waals surface area contributed by atoms with Gasteiger partial charge in [0.1, 0.15) is 5.54 Å². The van der Waals surface area contributed by atoms with E-state index in [0.717, 1.165) is 12.8 Å². The van der Waals surface area contributed by atoms with Crippen LogP contribution < -0.4 is 5.32 Å². The van der Waals surface area contributed by atoms with Crippen LogP contribution in [0.5, 0.6) is 0 Å². The van der Waals surface area contributed by atoms with Gasteiger partial charge >= 0.3 is 5.97 Å². The molecule has 0 aromatic carbocycles. The Labute approximate surface area is 103 Å². The maximum absolute atomic E-state index is 12.1. The zero-order valence-corrected chi connectivity index (χ0v) is 10.8. The number of ether oxygens (including phenoxy) is 2. The van der Waals surface area contributed by atoms with E-state index in [-0.39, 0.29) is 12.1 Å². The van der Waals surface area contributed by atoms with Crippen LogP contribution in [0, 0.1) is 0 Å². The lowest BCUT2D eigenvalue weighted by Crippen LogP contribution is -2.65. The van der Waals surface area contributed by atoms with Gasteiger partial charge in [-0.1, -0.05) is 12.8 Å². The van der Waals surface area contributed by atoms with Crippen molar-refractivity contribution in [1.82, 2.24) is 5.32 Å². The predicted molar refractivity (Wildman–Crippen MR) is 64.8 cm³/mol. The average Bonchev–Trinajstić information content (AvgIpc) is 2.75. The first-order valence-corrected chi connectivity index (χ1v) is 6.68. The van der Waals surface area contributed by atoms with E-state index in [0.29, 0.717) is 12.6 Å². The highest BCUT2D eigenvalue weighted by molar-refractivity contribution is 5.82. The summed E-state index contributed by atoms with van der Waals surface area (Å²) in [4.78, 5) is 12.1. The van der Waals surface area contributed by atoms with Crippen molar-refractivity contribution in [2.24, 2.45) is 0 Å². The van der Waals surface area contributed by atoms with Crippen LogP contribution in [0.2, 0.25) is 0 Å². The molecular formula is C13H23NO3. The molecule has 0 atom stereocenters. The van der Waals surface area contributed by atoms with Gasteiger partial charge in [0.05, 0.1) is 12.7 Å². The third kappa shape index (κ3) is 2.63. The molecule has 0 saturated heterocycles. The maximum Gasteiger partial charge on any atom is 0.326 e. The Bertz CT molecular complexity index is 268.